The molecule has 23 heavy (non-hydrogen) atoms. The molecule has 0 aliphatic carbocycles. The summed E-state index contributed by atoms with van der Waals surface area (Å²) >= 11 is 0. The van der Waals surface area contributed by atoms with E-state index in [9.17, 15) is 8.78 Å². The molecule has 0 heterocycles. The van der Waals surface area contributed by atoms with Gasteiger partial charge in [-0.15, -0.1) is 0 Å². The smallest absolute Gasteiger partial charge is 0.161 e. The van der Waals surface area contributed by atoms with Gasteiger partial charge in [0.2, 0.25) is 0 Å². The van der Waals surface area contributed by atoms with Crippen LogP contribution < -0.4 is 0 Å². The third kappa shape index (κ3) is 4.75. The molecule has 2 aromatic carbocycles. The lowest BCUT2D eigenvalue weighted by Gasteiger charge is -2.05. The van der Waals surface area contributed by atoms with Crippen molar-refractivity contribution in [3.63, 3.8) is 0 Å². The van der Waals surface area contributed by atoms with E-state index in [-0.39, 0.29) is 12.0 Å². The van der Waals surface area contributed by atoms with Gasteiger partial charge in [-0.3, -0.25) is 0 Å². The average Bonchev–Trinajstić information content (AvgIpc) is 2.60. The fraction of sp³-hybridized carbons (Fsp3) is 0.250. The normalized spacial score (nSPS) is 11.7. The highest BCUT2D eigenvalue weighted by Crippen LogP contribution is 2.24. The summed E-state index contributed by atoms with van der Waals surface area (Å²) in [5.41, 5.74) is 3.16. The molecule has 2 rings (SSSR count). The van der Waals surface area contributed by atoms with Gasteiger partial charge in [0.15, 0.2) is 5.83 Å². The molecule has 0 saturated carbocycles. The van der Waals surface area contributed by atoms with Crippen LogP contribution in [0.1, 0.15) is 42.0 Å². The number of nitrogens with zero attached hydrogens (tertiary/aromatic N) is 1. The van der Waals surface area contributed by atoms with Crippen LogP contribution in [0.3, 0.4) is 0 Å². The van der Waals surface area contributed by atoms with Crippen molar-refractivity contribution in [3.8, 4) is 6.07 Å². The van der Waals surface area contributed by atoms with Crippen molar-refractivity contribution in [3.05, 3.63) is 76.6 Å². The topological polar surface area (TPSA) is 23.8 Å². The maximum absolute atomic E-state index is 13.8. The van der Waals surface area contributed by atoms with Gasteiger partial charge in [-0.25, -0.2) is 8.78 Å². The Morgan fingerprint density at radius 1 is 0.913 bits per heavy atom. The van der Waals surface area contributed by atoms with E-state index in [1.54, 1.807) is 24.3 Å². The minimum absolute atomic E-state index is 0.131. The first kappa shape index (κ1) is 16.9. The van der Waals surface area contributed by atoms with Crippen molar-refractivity contribution in [1.82, 2.24) is 0 Å². The lowest BCUT2D eigenvalue weighted by Crippen LogP contribution is -1.92. The van der Waals surface area contributed by atoms with Crippen LogP contribution in [0.4, 0.5) is 8.78 Å². The summed E-state index contributed by atoms with van der Waals surface area (Å²) in [5, 5.41) is 8.77. The zero-order valence-corrected chi connectivity index (χ0v) is 13.2. The number of nitriles is 1. The van der Waals surface area contributed by atoms with Gasteiger partial charge < -0.3 is 0 Å². The summed E-state index contributed by atoms with van der Waals surface area (Å²) < 4.78 is 27.3. The van der Waals surface area contributed by atoms with E-state index >= 15 is 0 Å². The highest BCUT2D eigenvalue weighted by molar-refractivity contribution is 5.61. The molecule has 0 aliphatic heterocycles. The molecule has 0 aromatic heterocycles. The van der Waals surface area contributed by atoms with Crippen molar-refractivity contribution in [1.29, 1.82) is 5.26 Å². The van der Waals surface area contributed by atoms with Gasteiger partial charge in [-0.05, 0) is 42.5 Å². The number of halogens is 2. The predicted molar refractivity (Wildman–Crippen MR) is 89.1 cm³/mol. The molecule has 118 valence electrons. The Balaban J connectivity index is 2.00. The average molecular weight is 311 g/mol. The van der Waals surface area contributed by atoms with E-state index in [4.69, 9.17) is 5.26 Å². The minimum Gasteiger partial charge on any atom is -0.209 e. The maximum atomic E-state index is 13.8. The molecule has 0 unspecified atom stereocenters. The Labute approximate surface area is 135 Å². The van der Waals surface area contributed by atoms with Crippen LogP contribution >= 0.6 is 0 Å². The first-order valence-electron chi connectivity index (χ1n) is 7.76. The zero-order chi connectivity index (χ0) is 16.7. The molecule has 0 aliphatic rings. The summed E-state index contributed by atoms with van der Waals surface area (Å²) in [4.78, 5) is 0. The second-order valence-electron chi connectivity index (χ2n) is 5.47. The van der Waals surface area contributed by atoms with Crippen LogP contribution in [0, 0.1) is 11.3 Å². The molecule has 0 radical (unpaired) electrons. The van der Waals surface area contributed by atoms with Crippen molar-refractivity contribution in [2.45, 2.75) is 32.6 Å². The summed E-state index contributed by atoms with van der Waals surface area (Å²) in [6.07, 6.45) is 2.37. The van der Waals surface area contributed by atoms with Gasteiger partial charge in [0, 0.05) is 12.0 Å². The second-order valence-corrected chi connectivity index (χ2v) is 5.47. The fourth-order valence-corrected chi connectivity index (χ4v) is 2.34. The lowest BCUT2D eigenvalue weighted by molar-refractivity contribution is 0.559. The molecule has 1 nitrogen and oxygen atoms in total. The van der Waals surface area contributed by atoms with Crippen molar-refractivity contribution >= 4 is 5.83 Å². The first-order valence-corrected chi connectivity index (χ1v) is 7.76. The van der Waals surface area contributed by atoms with E-state index < -0.39 is 11.7 Å². The molecule has 0 fully saturated rings. The molecule has 2 aromatic rings. The highest BCUT2D eigenvalue weighted by Gasteiger charge is 2.08. The molecule has 3 heteroatoms. The van der Waals surface area contributed by atoms with Gasteiger partial charge in [-0.1, -0.05) is 43.3 Å². The summed E-state index contributed by atoms with van der Waals surface area (Å²) in [7, 11) is 0. The number of benzene rings is 2. The third-order valence-corrected chi connectivity index (χ3v) is 3.70. The molecule has 0 bridgehead atoms. The van der Waals surface area contributed by atoms with E-state index in [0.29, 0.717) is 12.0 Å². The van der Waals surface area contributed by atoms with E-state index in [0.717, 1.165) is 24.0 Å². The molecular formula is C20H19F2N. The van der Waals surface area contributed by atoms with E-state index in [1.165, 1.54) is 0 Å². The van der Waals surface area contributed by atoms with Crippen molar-refractivity contribution in [2.24, 2.45) is 0 Å². The fourth-order valence-electron chi connectivity index (χ4n) is 2.34. The van der Waals surface area contributed by atoms with Gasteiger partial charge in [0.1, 0.15) is 5.83 Å². The van der Waals surface area contributed by atoms with E-state index in [2.05, 4.69) is 6.07 Å². The molecule has 0 saturated heterocycles. The summed E-state index contributed by atoms with van der Waals surface area (Å²) in [6.45, 7) is 1.82. The van der Waals surface area contributed by atoms with Gasteiger partial charge in [0.05, 0.1) is 11.6 Å². The van der Waals surface area contributed by atoms with Gasteiger partial charge >= 0.3 is 0 Å². The number of aryl methyl sites for hydroxylation is 2. The largest absolute Gasteiger partial charge is 0.209 e. The first-order chi connectivity index (χ1) is 11.1. The Hall–Kier alpha value is -2.47. The van der Waals surface area contributed by atoms with Crippen LogP contribution in [0.5, 0.6) is 0 Å². The minimum atomic E-state index is -0.759. The standard InChI is InChI=1S/C20H19F2N/c1-2-3-19(21)20(22)18-12-10-16(11-13-18)5-4-15-6-8-17(14-23)9-7-15/h6-13H,2-5H2,1H3/b20-19-. The van der Waals surface area contributed by atoms with Crippen LogP contribution in [0.25, 0.3) is 5.83 Å². The number of hydrogen-bond acceptors (Lipinski definition) is 1. The van der Waals surface area contributed by atoms with Gasteiger partial charge in [0.25, 0.3) is 0 Å². The van der Waals surface area contributed by atoms with Crippen LogP contribution in [-0.2, 0) is 12.8 Å². The number of hydrogen-bond donors (Lipinski definition) is 0. The Kier molecular flexibility index (Phi) is 6.05. The zero-order valence-electron chi connectivity index (χ0n) is 13.2. The summed E-state index contributed by atoms with van der Waals surface area (Å²) in [5.74, 6) is -1.44. The lowest BCUT2D eigenvalue weighted by atomic mass is 10.0. The van der Waals surface area contributed by atoms with Crippen molar-refractivity contribution in [2.75, 3.05) is 0 Å². The van der Waals surface area contributed by atoms with Gasteiger partial charge in [-0.2, -0.15) is 5.26 Å². The van der Waals surface area contributed by atoms with E-state index in [1.807, 2.05) is 31.2 Å². The predicted octanol–water partition coefficient (Wildman–Crippen LogP) is 5.75. The second kappa shape index (κ2) is 8.24. The monoisotopic (exact) mass is 311 g/mol. The maximum Gasteiger partial charge on any atom is 0.161 e. The number of allylic oxidation sites excluding steroid dienone is 1. The SMILES string of the molecule is CCC/C(F)=C(/F)c1ccc(CCc2ccc(C#N)cc2)cc1. The van der Waals surface area contributed by atoms with Crippen LogP contribution in [0.2, 0.25) is 0 Å². The highest BCUT2D eigenvalue weighted by atomic mass is 19.2. The Bertz CT molecular complexity index is 707. The molecule has 0 spiro atoms. The molecule has 0 N–H and O–H groups in total. The Morgan fingerprint density at radius 3 is 1.91 bits per heavy atom. The van der Waals surface area contributed by atoms with Crippen LogP contribution in [-0.4, -0.2) is 0 Å². The quantitative estimate of drug-likeness (QED) is 0.666. The summed E-state index contributed by atoms with van der Waals surface area (Å²) in [6, 6.07) is 16.5. The van der Waals surface area contributed by atoms with Crippen molar-refractivity contribution < 1.29 is 8.78 Å². The Morgan fingerprint density at radius 2 is 1.43 bits per heavy atom. The molecule has 0 amide bonds. The molecule has 0 atom stereocenters. The third-order valence-electron chi connectivity index (χ3n) is 3.70. The number of rotatable bonds is 6. The van der Waals surface area contributed by atoms with Crippen LogP contribution in [0.15, 0.2) is 54.4 Å². The molecular weight excluding hydrogens is 292 g/mol.